The highest BCUT2D eigenvalue weighted by atomic mass is 16.2. The molecule has 1 atom stereocenters. The van der Waals surface area contributed by atoms with Crippen LogP contribution in [0.15, 0.2) is 39.9 Å². The standard InChI is InChI=1S/C18H18N4O4/c1-20-12(9-14(23)21(2)17(20)26)10-22-15(24)18(19-16(22)25)8-7-11-5-3-4-6-13(11)18/h3-6,9H,7-8,10H2,1-2H3,(H,19,25)/t18-/m1/s1. The number of nitrogens with zero attached hydrogens (tertiary/aromatic N) is 3. The quantitative estimate of drug-likeness (QED) is 0.767. The summed E-state index contributed by atoms with van der Waals surface area (Å²) in [6.07, 6.45) is 1.21. The molecule has 2 aliphatic rings. The minimum atomic E-state index is -1.05. The van der Waals surface area contributed by atoms with Crippen molar-refractivity contribution in [1.29, 1.82) is 0 Å². The highest BCUT2D eigenvalue weighted by Gasteiger charge is 2.55. The van der Waals surface area contributed by atoms with Gasteiger partial charge in [0.2, 0.25) is 0 Å². The Morgan fingerprint density at radius 3 is 2.58 bits per heavy atom. The van der Waals surface area contributed by atoms with Gasteiger partial charge in [0, 0.05) is 25.9 Å². The van der Waals surface area contributed by atoms with Gasteiger partial charge in [-0.25, -0.2) is 9.59 Å². The van der Waals surface area contributed by atoms with Crippen molar-refractivity contribution in [2.45, 2.75) is 24.9 Å². The topological polar surface area (TPSA) is 93.4 Å². The number of aryl methyl sites for hydroxylation is 1. The van der Waals surface area contributed by atoms with Crippen molar-refractivity contribution < 1.29 is 9.59 Å². The van der Waals surface area contributed by atoms with E-state index in [2.05, 4.69) is 5.32 Å². The highest BCUT2D eigenvalue weighted by molar-refractivity contribution is 6.08. The molecule has 1 aliphatic carbocycles. The summed E-state index contributed by atoms with van der Waals surface area (Å²) in [5.74, 6) is -0.347. The van der Waals surface area contributed by atoms with E-state index in [1.54, 1.807) is 0 Å². The Balaban J connectivity index is 1.73. The first-order valence-corrected chi connectivity index (χ1v) is 8.33. The first-order chi connectivity index (χ1) is 12.3. The van der Waals surface area contributed by atoms with Gasteiger partial charge in [-0.15, -0.1) is 0 Å². The van der Waals surface area contributed by atoms with Gasteiger partial charge in [0.15, 0.2) is 0 Å². The Morgan fingerprint density at radius 1 is 1.08 bits per heavy atom. The zero-order valence-electron chi connectivity index (χ0n) is 14.5. The SMILES string of the molecule is Cn1c(CN2C(=O)N[C@@]3(CCc4ccccc43)C2=O)cc(=O)n(C)c1=O. The summed E-state index contributed by atoms with van der Waals surface area (Å²) in [7, 11) is 2.89. The van der Waals surface area contributed by atoms with Crippen LogP contribution >= 0.6 is 0 Å². The van der Waals surface area contributed by atoms with E-state index in [4.69, 9.17) is 0 Å². The number of imide groups is 1. The summed E-state index contributed by atoms with van der Waals surface area (Å²) in [5, 5.41) is 2.83. The van der Waals surface area contributed by atoms with E-state index < -0.39 is 22.8 Å². The molecule has 1 fully saturated rings. The third kappa shape index (κ3) is 2.08. The number of rotatable bonds is 2. The molecule has 3 amide bonds. The lowest BCUT2D eigenvalue weighted by molar-refractivity contribution is -0.132. The number of benzene rings is 1. The second-order valence-corrected chi connectivity index (χ2v) is 6.76. The first-order valence-electron chi connectivity index (χ1n) is 8.33. The number of carbonyl (C=O) groups is 2. The fourth-order valence-electron chi connectivity index (χ4n) is 3.83. The minimum absolute atomic E-state index is 0.129. The molecule has 1 spiro atoms. The lowest BCUT2D eigenvalue weighted by atomic mass is 9.92. The summed E-state index contributed by atoms with van der Waals surface area (Å²) < 4.78 is 2.25. The van der Waals surface area contributed by atoms with Crippen molar-refractivity contribution in [1.82, 2.24) is 19.4 Å². The molecule has 134 valence electrons. The lowest BCUT2D eigenvalue weighted by Gasteiger charge is -2.22. The minimum Gasteiger partial charge on any atom is -0.319 e. The molecule has 1 aromatic carbocycles. The van der Waals surface area contributed by atoms with Crippen LogP contribution in [0.3, 0.4) is 0 Å². The average molecular weight is 354 g/mol. The van der Waals surface area contributed by atoms with Crippen LogP contribution in [0.2, 0.25) is 0 Å². The lowest BCUT2D eigenvalue weighted by Crippen LogP contribution is -2.42. The molecule has 26 heavy (non-hydrogen) atoms. The van der Waals surface area contributed by atoms with Crippen LogP contribution in [-0.4, -0.2) is 26.0 Å². The molecular formula is C18H18N4O4. The number of amides is 3. The van der Waals surface area contributed by atoms with E-state index in [0.29, 0.717) is 18.5 Å². The Bertz CT molecular complexity index is 1070. The van der Waals surface area contributed by atoms with Crippen molar-refractivity contribution in [3.63, 3.8) is 0 Å². The summed E-state index contributed by atoms with van der Waals surface area (Å²) in [4.78, 5) is 50.7. The Hall–Kier alpha value is -3.16. The second-order valence-electron chi connectivity index (χ2n) is 6.76. The van der Waals surface area contributed by atoms with Gasteiger partial charge in [-0.2, -0.15) is 0 Å². The number of nitrogens with one attached hydrogen (secondary N) is 1. The molecule has 1 N–H and O–H groups in total. The second kappa shape index (κ2) is 5.42. The van der Waals surface area contributed by atoms with E-state index in [1.807, 2.05) is 24.3 Å². The van der Waals surface area contributed by atoms with Crippen molar-refractivity contribution in [2.24, 2.45) is 14.1 Å². The van der Waals surface area contributed by atoms with Crippen molar-refractivity contribution in [2.75, 3.05) is 0 Å². The number of aromatic nitrogens is 2. The van der Waals surface area contributed by atoms with Crippen molar-refractivity contribution in [3.05, 3.63) is 68.0 Å². The molecule has 2 heterocycles. The molecule has 1 aromatic heterocycles. The third-order valence-corrected chi connectivity index (χ3v) is 5.37. The van der Waals surface area contributed by atoms with E-state index >= 15 is 0 Å². The smallest absolute Gasteiger partial charge is 0.319 e. The van der Waals surface area contributed by atoms with Crippen LogP contribution in [0.5, 0.6) is 0 Å². The number of hydrogen-bond donors (Lipinski definition) is 1. The van der Waals surface area contributed by atoms with Crippen LogP contribution in [0.25, 0.3) is 0 Å². The molecule has 8 heteroatoms. The molecule has 8 nitrogen and oxygen atoms in total. The predicted octanol–water partition coefficient (Wildman–Crippen LogP) is -0.0225. The molecule has 0 bridgehead atoms. The fourth-order valence-corrected chi connectivity index (χ4v) is 3.83. The van der Waals surface area contributed by atoms with E-state index in [9.17, 15) is 19.2 Å². The van der Waals surface area contributed by atoms with Crippen LogP contribution in [-0.2, 0) is 37.4 Å². The highest BCUT2D eigenvalue weighted by Crippen LogP contribution is 2.41. The fraction of sp³-hybridized carbons (Fsp3) is 0.333. The molecule has 1 saturated heterocycles. The van der Waals surface area contributed by atoms with Crippen molar-refractivity contribution >= 4 is 11.9 Å². The number of hydrogen-bond acceptors (Lipinski definition) is 4. The number of urea groups is 1. The predicted molar refractivity (Wildman–Crippen MR) is 92.4 cm³/mol. The summed E-state index contributed by atoms with van der Waals surface area (Å²) in [6.45, 7) is -0.129. The van der Waals surface area contributed by atoms with Gasteiger partial charge in [-0.1, -0.05) is 24.3 Å². The molecule has 0 radical (unpaired) electrons. The van der Waals surface area contributed by atoms with E-state index in [-0.39, 0.29) is 12.5 Å². The summed E-state index contributed by atoms with van der Waals surface area (Å²) in [5.41, 5.74) is 0.149. The molecule has 1 aliphatic heterocycles. The van der Waals surface area contributed by atoms with Gasteiger partial charge in [0.25, 0.3) is 11.5 Å². The van der Waals surface area contributed by atoms with E-state index in [1.165, 1.54) is 24.7 Å². The van der Waals surface area contributed by atoms with Crippen LogP contribution < -0.4 is 16.6 Å². The Labute approximate surface area is 148 Å². The van der Waals surface area contributed by atoms with E-state index in [0.717, 1.165) is 20.6 Å². The summed E-state index contributed by atoms with van der Waals surface area (Å²) in [6, 6.07) is 8.33. The van der Waals surface area contributed by atoms with Crippen molar-refractivity contribution in [3.8, 4) is 0 Å². The maximum atomic E-state index is 13.1. The normalized spacial score (nSPS) is 21.4. The monoisotopic (exact) mass is 354 g/mol. The van der Waals surface area contributed by atoms with Gasteiger partial charge in [-0.3, -0.25) is 23.6 Å². The number of fused-ring (bicyclic) bond motifs is 2. The molecule has 2 aromatic rings. The largest absolute Gasteiger partial charge is 0.330 e. The van der Waals surface area contributed by atoms with Crippen LogP contribution in [0.1, 0.15) is 23.2 Å². The average Bonchev–Trinajstić information content (AvgIpc) is 3.11. The van der Waals surface area contributed by atoms with Crippen LogP contribution in [0, 0.1) is 0 Å². The van der Waals surface area contributed by atoms with Crippen LogP contribution in [0.4, 0.5) is 4.79 Å². The van der Waals surface area contributed by atoms with Gasteiger partial charge in [0.1, 0.15) is 5.54 Å². The number of carbonyl (C=O) groups excluding carboxylic acids is 2. The zero-order chi connectivity index (χ0) is 18.6. The molecular weight excluding hydrogens is 336 g/mol. The molecule has 0 saturated carbocycles. The first kappa shape index (κ1) is 16.3. The third-order valence-electron chi connectivity index (χ3n) is 5.37. The zero-order valence-corrected chi connectivity index (χ0v) is 14.5. The Kier molecular flexibility index (Phi) is 3.40. The Morgan fingerprint density at radius 2 is 1.81 bits per heavy atom. The maximum Gasteiger partial charge on any atom is 0.330 e. The summed E-state index contributed by atoms with van der Waals surface area (Å²) >= 11 is 0. The molecule has 4 rings (SSSR count). The molecule has 0 unspecified atom stereocenters. The van der Waals surface area contributed by atoms with Gasteiger partial charge in [-0.05, 0) is 24.0 Å². The maximum absolute atomic E-state index is 13.1. The van der Waals surface area contributed by atoms with Gasteiger partial charge >= 0.3 is 11.7 Å². The van der Waals surface area contributed by atoms with Gasteiger partial charge in [0.05, 0.1) is 6.54 Å². The van der Waals surface area contributed by atoms with Gasteiger partial charge < -0.3 is 5.32 Å².